The van der Waals surface area contributed by atoms with Crippen molar-refractivity contribution in [3.8, 4) is 5.75 Å². The highest BCUT2D eigenvalue weighted by Gasteiger charge is 2.07. The molecule has 5 heteroatoms. The largest absolute Gasteiger partial charge is 0.496 e. The monoisotopic (exact) mass is 265 g/mol. The summed E-state index contributed by atoms with van der Waals surface area (Å²) in [7, 11) is 2.93. The minimum Gasteiger partial charge on any atom is -0.496 e. The number of benzene rings is 1. The van der Waals surface area contributed by atoms with Gasteiger partial charge in [0.1, 0.15) is 5.75 Å². The van der Waals surface area contributed by atoms with Crippen molar-refractivity contribution in [2.24, 2.45) is 0 Å². The Kier molecular flexibility index (Phi) is 6.43. The van der Waals surface area contributed by atoms with Crippen LogP contribution in [-0.4, -0.2) is 32.6 Å². The van der Waals surface area contributed by atoms with E-state index >= 15 is 0 Å². The maximum atomic E-state index is 11.5. The third-order valence-corrected chi connectivity index (χ3v) is 2.69. The van der Waals surface area contributed by atoms with E-state index in [9.17, 15) is 9.59 Å². The number of carbonyl (C=O) groups is 2. The molecule has 1 aromatic carbocycles. The molecule has 0 unspecified atom stereocenters. The van der Waals surface area contributed by atoms with E-state index in [1.54, 1.807) is 7.11 Å². The van der Waals surface area contributed by atoms with Crippen molar-refractivity contribution < 1.29 is 19.1 Å². The van der Waals surface area contributed by atoms with Crippen LogP contribution in [0.25, 0.3) is 0 Å². The van der Waals surface area contributed by atoms with Gasteiger partial charge in [-0.1, -0.05) is 18.2 Å². The quantitative estimate of drug-likeness (QED) is 0.755. The fraction of sp³-hybridized carbons (Fsp3) is 0.429. The van der Waals surface area contributed by atoms with Crippen LogP contribution in [0.1, 0.15) is 18.4 Å². The highest BCUT2D eigenvalue weighted by atomic mass is 16.5. The van der Waals surface area contributed by atoms with Crippen LogP contribution >= 0.6 is 0 Å². The predicted octanol–water partition coefficient (Wildman–Crippen LogP) is 1.31. The summed E-state index contributed by atoms with van der Waals surface area (Å²) in [5.41, 5.74) is 1.04. The van der Waals surface area contributed by atoms with Crippen molar-refractivity contribution in [3.05, 3.63) is 29.8 Å². The Morgan fingerprint density at radius 3 is 2.58 bits per heavy atom. The van der Waals surface area contributed by atoms with Gasteiger partial charge in [-0.25, -0.2) is 0 Å². The second-order valence-electron chi connectivity index (χ2n) is 3.99. The number of methoxy groups -OCH3 is 2. The second kappa shape index (κ2) is 8.13. The minimum atomic E-state index is -0.375. The Labute approximate surface area is 112 Å². The molecule has 1 N–H and O–H groups in total. The van der Waals surface area contributed by atoms with Gasteiger partial charge in [-0.2, -0.15) is 0 Å². The molecular formula is C14H19NO4. The molecule has 0 fully saturated rings. The van der Waals surface area contributed by atoms with E-state index in [0.29, 0.717) is 13.0 Å². The van der Waals surface area contributed by atoms with Gasteiger partial charge in [-0.05, 0) is 18.1 Å². The first-order chi connectivity index (χ1) is 9.17. The number of hydrogen-bond donors (Lipinski definition) is 1. The summed E-state index contributed by atoms with van der Waals surface area (Å²) < 4.78 is 9.69. The Bertz CT molecular complexity index is 431. The molecule has 0 aliphatic carbocycles. The Hall–Kier alpha value is -2.04. The lowest BCUT2D eigenvalue weighted by atomic mass is 10.1. The zero-order valence-electron chi connectivity index (χ0n) is 11.3. The smallest absolute Gasteiger partial charge is 0.306 e. The van der Waals surface area contributed by atoms with Crippen LogP contribution in [0.5, 0.6) is 5.75 Å². The lowest BCUT2D eigenvalue weighted by molar-refractivity contribution is -0.142. The van der Waals surface area contributed by atoms with Gasteiger partial charge >= 0.3 is 5.97 Å². The summed E-state index contributed by atoms with van der Waals surface area (Å²) in [4.78, 5) is 22.3. The molecule has 1 aromatic rings. The highest BCUT2D eigenvalue weighted by Crippen LogP contribution is 2.17. The summed E-state index contributed by atoms with van der Waals surface area (Å²) in [5.74, 6) is 0.284. The zero-order valence-corrected chi connectivity index (χ0v) is 11.3. The molecule has 104 valence electrons. The number of ether oxygens (including phenoxy) is 2. The number of nitrogens with one attached hydrogen (secondary N) is 1. The predicted molar refractivity (Wildman–Crippen MR) is 71.0 cm³/mol. The van der Waals surface area contributed by atoms with Crippen molar-refractivity contribution in [2.75, 3.05) is 20.8 Å². The molecular weight excluding hydrogens is 246 g/mol. The van der Waals surface area contributed by atoms with Crippen LogP contribution in [0.15, 0.2) is 24.3 Å². The number of esters is 1. The molecule has 0 aliphatic heterocycles. The maximum absolute atomic E-state index is 11.5. The molecule has 0 radical (unpaired) electrons. The van der Waals surface area contributed by atoms with Crippen LogP contribution in [0.4, 0.5) is 0 Å². The highest BCUT2D eigenvalue weighted by molar-refractivity contribution is 5.81. The van der Waals surface area contributed by atoms with Crippen molar-refractivity contribution in [1.29, 1.82) is 0 Å². The third-order valence-electron chi connectivity index (χ3n) is 2.69. The van der Waals surface area contributed by atoms with E-state index in [2.05, 4.69) is 10.1 Å². The average Bonchev–Trinajstić information content (AvgIpc) is 2.45. The molecule has 0 heterocycles. The van der Waals surface area contributed by atoms with Gasteiger partial charge in [0, 0.05) is 13.0 Å². The van der Waals surface area contributed by atoms with E-state index in [4.69, 9.17) is 4.74 Å². The zero-order chi connectivity index (χ0) is 14.1. The lowest BCUT2D eigenvalue weighted by Crippen LogP contribution is -2.26. The number of amides is 1. The van der Waals surface area contributed by atoms with Crippen LogP contribution in [0.3, 0.4) is 0 Å². The summed E-state index contributed by atoms with van der Waals surface area (Å²) in [6.45, 7) is 0.514. The Balaban J connectivity index is 2.30. The van der Waals surface area contributed by atoms with Crippen molar-refractivity contribution in [1.82, 2.24) is 5.32 Å². The molecule has 0 atom stereocenters. The van der Waals surface area contributed by atoms with E-state index in [-0.39, 0.29) is 24.7 Å². The number of para-hydroxylation sites is 1. The van der Waals surface area contributed by atoms with Gasteiger partial charge in [0.25, 0.3) is 0 Å². The average molecular weight is 265 g/mol. The lowest BCUT2D eigenvalue weighted by Gasteiger charge is -2.08. The summed E-state index contributed by atoms with van der Waals surface area (Å²) in [5, 5.41) is 2.76. The first-order valence-corrected chi connectivity index (χ1v) is 6.12. The van der Waals surface area contributed by atoms with Crippen LogP contribution < -0.4 is 10.1 Å². The molecule has 0 saturated carbocycles. The van der Waals surface area contributed by atoms with Gasteiger partial charge in [0.2, 0.25) is 5.91 Å². The number of hydrogen-bond acceptors (Lipinski definition) is 4. The third kappa shape index (κ3) is 5.42. The minimum absolute atomic E-state index is 0.108. The molecule has 0 bridgehead atoms. The Morgan fingerprint density at radius 2 is 1.89 bits per heavy atom. The Morgan fingerprint density at radius 1 is 1.16 bits per heavy atom. The molecule has 1 amide bonds. The van der Waals surface area contributed by atoms with Crippen molar-refractivity contribution in [2.45, 2.75) is 19.3 Å². The van der Waals surface area contributed by atoms with Crippen LogP contribution in [0.2, 0.25) is 0 Å². The first kappa shape index (κ1) is 15.0. The molecule has 0 spiro atoms. The summed E-state index contributed by atoms with van der Waals surface area (Å²) >= 11 is 0. The topological polar surface area (TPSA) is 64.6 Å². The van der Waals surface area contributed by atoms with E-state index in [1.165, 1.54) is 7.11 Å². The standard InChI is InChI=1S/C14H19NO4/c1-18-12-6-4-3-5-11(12)9-10-15-13(16)7-8-14(17)19-2/h3-6H,7-10H2,1-2H3,(H,15,16). The first-order valence-electron chi connectivity index (χ1n) is 6.12. The normalized spacial score (nSPS) is 9.79. The van der Waals surface area contributed by atoms with Gasteiger partial charge < -0.3 is 14.8 Å². The van der Waals surface area contributed by atoms with Gasteiger partial charge in [-0.15, -0.1) is 0 Å². The second-order valence-corrected chi connectivity index (χ2v) is 3.99. The van der Waals surface area contributed by atoms with E-state index < -0.39 is 0 Å². The number of carbonyl (C=O) groups excluding carboxylic acids is 2. The molecule has 0 saturated heterocycles. The van der Waals surface area contributed by atoms with Crippen LogP contribution in [0, 0.1) is 0 Å². The van der Waals surface area contributed by atoms with Gasteiger partial charge in [0.05, 0.1) is 20.6 Å². The van der Waals surface area contributed by atoms with Crippen molar-refractivity contribution >= 4 is 11.9 Å². The molecule has 0 aliphatic rings. The van der Waals surface area contributed by atoms with Crippen LogP contribution in [-0.2, 0) is 20.7 Å². The fourth-order valence-corrected chi connectivity index (χ4v) is 1.65. The van der Waals surface area contributed by atoms with Gasteiger partial charge in [0.15, 0.2) is 0 Å². The molecule has 5 nitrogen and oxygen atoms in total. The molecule has 19 heavy (non-hydrogen) atoms. The van der Waals surface area contributed by atoms with E-state index in [1.807, 2.05) is 24.3 Å². The molecule has 0 aromatic heterocycles. The molecule has 1 rings (SSSR count). The maximum Gasteiger partial charge on any atom is 0.306 e. The summed E-state index contributed by atoms with van der Waals surface area (Å²) in [6, 6.07) is 7.67. The summed E-state index contributed by atoms with van der Waals surface area (Å²) in [6.07, 6.45) is 0.948. The van der Waals surface area contributed by atoms with Crippen molar-refractivity contribution in [3.63, 3.8) is 0 Å². The number of rotatable bonds is 7. The fourth-order valence-electron chi connectivity index (χ4n) is 1.65. The SMILES string of the molecule is COC(=O)CCC(=O)NCCc1ccccc1OC. The van der Waals surface area contributed by atoms with Gasteiger partial charge in [-0.3, -0.25) is 9.59 Å². The van der Waals surface area contributed by atoms with E-state index in [0.717, 1.165) is 11.3 Å².